The third kappa shape index (κ3) is 0.610. The van der Waals surface area contributed by atoms with Gasteiger partial charge in [-0.1, -0.05) is 0 Å². The van der Waals surface area contributed by atoms with Crippen LogP contribution in [0.15, 0.2) is 0 Å². The first-order valence-electron chi connectivity index (χ1n) is 1.44. The lowest BCUT2D eigenvalue weighted by atomic mass is 10.0. The van der Waals surface area contributed by atoms with Gasteiger partial charge in [-0.05, 0) is 0 Å². The average molecular weight is 70.9 g/mol. The summed E-state index contributed by atoms with van der Waals surface area (Å²) < 4.78 is 0. The molecule has 1 saturated heterocycles. The summed E-state index contributed by atoms with van der Waals surface area (Å²) in [4.78, 5) is 4.53. The molecule has 1 fully saturated rings. The largest absolute Gasteiger partial charge is 0.295 e. The van der Waals surface area contributed by atoms with E-state index in [9.17, 15) is 0 Å². The summed E-state index contributed by atoms with van der Waals surface area (Å²) in [6.45, 7) is 0.653. The Bertz CT molecular complexity index is 21.2. The zero-order valence-electron chi connectivity index (χ0n) is 2.69. The van der Waals surface area contributed by atoms with Gasteiger partial charge in [0.2, 0.25) is 0 Å². The van der Waals surface area contributed by atoms with Crippen LogP contribution >= 0.6 is 0 Å². The summed E-state index contributed by atoms with van der Waals surface area (Å²) in [6, 6.07) is 0. The lowest BCUT2D eigenvalue weighted by Gasteiger charge is -1.82. The molecule has 0 aromatic heterocycles. The van der Waals surface area contributed by atoms with Crippen LogP contribution in [-0.4, -0.2) is 13.9 Å². The van der Waals surface area contributed by atoms with Crippen molar-refractivity contribution in [3.05, 3.63) is 0 Å². The molecule has 3 nitrogen and oxygen atoms in total. The van der Waals surface area contributed by atoms with Crippen molar-refractivity contribution in [2.75, 3.05) is 6.51 Å². The van der Waals surface area contributed by atoms with Crippen molar-refractivity contribution >= 4 is 7.41 Å². The Balaban J connectivity index is 2.08. The van der Waals surface area contributed by atoms with Crippen molar-refractivity contribution in [3.8, 4) is 0 Å². The van der Waals surface area contributed by atoms with Crippen LogP contribution < -0.4 is 10.9 Å². The molecule has 27 valence electrons. The van der Waals surface area contributed by atoms with Gasteiger partial charge in [0.05, 0.1) is 6.51 Å². The van der Waals surface area contributed by atoms with E-state index in [4.69, 9.17) is 0 Å². The minimum Gasteiger partial charge on any atom is -0.295 e. The third-order valence-electron chi connectivity index (χ3n) is 0.400. The van der Waals surface area contributed by atoms with Gasteiger partial charge in [-0.15, -0.1) is 5.59 Å². The van der Waals surface area contributed by atoms with Gasteiger partial charge in [-0.2, -0.15) is 0 Å². The second kappa shape index (κ2) is 1.40. The monoisotopic (exact) mass is 71.0 g/mol. The summed E-state index contributed by atoms with van der Waals surface area (Å²) >= 11 is 0. The Labute approximate surface area is 30.9 Å². The maximum absolute atomic E-state index is 4.53. The first-order chi connectivity index (χ1) is 2.50. The molecule has 0 atom stereocenters. The Kier molecular flexibility index (Phi) is 0.881. The van der Waals surface area contributed by atoms with Crippen molar-refractivity contribution in [2.45, 2.75) is 0 Å². The number of hydrogen-bond acceptors (Lipinski definition) is 3. The van der Waals surface area contributed by atoms with Gasteiger partial charge in [0, 0.05) is 0 Å². The maximum Gasteiger partial charge on any atom is 0.261 e. The van der Waals surface area contributed by atoms with E-state index in [0.717, 1.165) is 0 Å². The van der Waals surface area contributed by atoms with Crippen LogP contribution in [0.4, 0.5) is 0 Å². The zero-order chi connectivity index (χ0) is 3.54. The third-order valence-corrected chi connectivity index (χ3v) is 0.400. The van der Waals surface area contributed by atoms with Crippen LogP contribution in [0.3, 0.4) is 0 Å². The standard InChI is InChI=1S/CH4BN2O/c1-2-3-4-5-1/h3-4H,1H2. The fourth-order valence-electron chi connectivity index (χ4n) is 0.208. The molecular formula is CH4BN2O. The first-order valence-corrected chi connectivity index (χ1v) is 1.44. The van der Waals surface area contributed by atoms with Gasteiger partial charge in [0.15, 0.2) is 0 Å². The van der Waals surface area contributed by atoms with Crippen molar-refractivity contribution in [2.24, 2.45) is 0 Å². The van der Waals surface area contributed by atoms with E-state index >= 15 is 0 Å². The molecule has 0 aromatic carbocycles. The average Bonchev–Trinajstić information content (AvgIpc) is 1.76. The predicted octanol–water partition coefficient (Wildman–Crippen LogP) is -1.40. The highest BCUT2D eigenvalue weighted by molar-refractivity contribution is 6.32. The van der Waals surface area contributed by atoms with Crippen LogP contribution in [0.25, 0.3) is 0 Å². The van der Waals surface area contributed by atoms with Gasteiger partial charge < -0.3 is 0 Å². The highest BCUT2D eigenvalue weighted by atomic mass is 16.7. The Morgan fingerprint density at radius 1 is 1.80 bits per heavy atom. The molecule has 1 rings (SSSR count). The predicted molar refractivity (Wildman–Crippen MR) is 18.0 cm³/mol. The Morgan fingerprint density at radius 3 is 3.00 bits per heavy atom. The summed E-state index contributed by atoms with van der Waals surface area (Å²) in [7, 11) is 1.78. The minimum absolute atomic E-state index is 0.653. The lowest BCUT2D eigenvalue weighted by molar-refractivity contribution is 0.0870. The Hall–Kier alpha value is -0.0551. The van der Waals surface area contributed by atoms with Crippen LogP contribution in [0.5, 0.6) is 0 Å². The summed E-state index contributed by atoms with van der Waals surface area (Å²) in [5.41, 5.74) is 2.42. The van der Waals surface area contributed by atoms with Crippen molar-refractivity contribution in [3.63, 3.8) is 0 Å². The number of hydrazine groups is 1. The summed E-state index contributed by atoms with van der Waals surface area (Å²) in [6.07, 6.45) is 0. The first kappa shape index (κ1) is 3.15. The van der Waals surface area contributed by atoms with Gasteiger partial charge >= 0.3 is 0 Å². The van der Waals surface area contributed by atoms with E-state index in [0.29, 0.717) is 6.51 Å². The van der Waals surface area contributed by atoms with E-state index in [1.54, 1.807) is 7.41 Å². The number of hydrogen-bond donors (Lipinski definition) is 2. The minimum atomic E-state index is 0.653. The molecule has 0 amide bonds. The molecule has 5 heavy (non-hydrogen) atoms. The molecule has 1 heterocycles. The molecule has 0 unspecified atom stereocenters. The molecule has 1 aliphatic heterocycles. The van der Waals surface area contributed by atoms with E-state index < -0.39 is 0 Å². The molecule has 2 N–H and O–H groups in total. The van der Waals surface area contributed by atoms with Crippen molar-refractivity contribution in [1.82, 2.24) is 10.9 Å². The van der Waals surface area contributed by atoms with E-state index in [1.807, 2.05) is 0 Å². The number of rotatable bonds is 0. The van der Waals surface area contributed by atoms with Crippen LogP contribution in [0, 0.1) is 0 Å². The molecular weight excluding hydrogens is 66.8 g/mol. The number of nitrogens with one attached hydrogen (secondary N) is 2. The maximum atomic E-state index is 4.53. The quantitative estimate of drug-likeness (QED) is 0.344. The molecule has 0 bridgehead atoms. The second-order valence-electron chi connectivity index (χ2n) is 0.762. The van der Waals surface area contributed by atoms with Crippen LogP contribution in [-0.2, 0) is 4.84 Å². The zero-order valence-corrected chi connectivity index (χ0v) is 2.69. The molecule has 0 saturated carbocycles. The fraction of sp³-hybridized carbons (Fsp3) is 1.00. The molecule has 0 aromatic rings. The van der Waals surface area contributed by atoms with Crippen molar-refractivity contribution in [1.29, 1.82) is 0 Å². The van der Waals surface area contributed by atoms with Gasteiger partial charge in [-0.25, -0.2) is 0 Å². The smallest absolute Gasteiger partial charge is 0.261 e. The second-order valence-corrected chi connectivity index (χ2v) is 0.762. The molecule has 1 radical (unpaired) electrons. The fourth-order valence-corrected chi connectivity index (χ4v) is 0.208. The van der Waals surface area contributed by atoms with Crippen LogP contribution in [0.1, 0.15) is 0 Å². The van der Waals surface area contributed by atoms with Gasteiger partial charge in [-0.3, -0.25) is 10.2 Å². The summed E-state index contributed by atoms with van der Waals surface area (Å²) in [5, 5.41) is 2.62. The highest BCUT2D eigenvalue weighted by Gasteiger charge is 1.95. The SMILES string of the molecule is [B]1CONN1. The van der Waals surface area contributed by atoms with E-state index in [1.165, 1.54) is 0 Å². The molecule has 0 aliphatic carbocycles. The van der Waals surface area contributed by atoms with Gasteiger partial charge in [0.25, 0.3) is 7.41 Å². The molecule has 4 heteroatoms. The highest BCUT2D eigenvalue weighted by Crippen LogP contribution is 1.63. The topological polar surface area (TPSA) is 33.3 Å². The molecule has 0 spiro atoms. The van der Waals surface area contributed by atoms with Gasteiger partial charge in [0.1, 0.15) is 0 Å². The van der Waals surface area contributed by atoms with Crippen LogP contribution in [0.2, 0.25) is 0 Å². The van der Waals surface area contributed by atoms with E-state index in [-0.39, 0.29) is 0 Å². The van der Waals surface area contributed by atoms with Crippen molar-refractivity contribution < 1.29 is 4.84 Å². The summed E-state index contributed by atoms with van der Waals surface area (Å²) in [5.74, 6) is 0. The lowest BCUT2D eigenvalue weighted by Crippen LogP contribution is -2.22. The molecule has 1 aliphatic rings. The Morgan fingerprint density at radius 2 is 2.80 bits per heavy atom. The van der Waals surface area contributed by atoms with E-state index in [2.05, 4.69) is 15.8 Å². The normalized spacial score (nSPS) is 22.4.